The third-order valence-corrected chi connectivity index (χ3v) is 4.11. The van der Waals surface area contributed by atoms with Gasteiger partial charge in [-0.2, -0.15) is 0 Å². The Labute approximate surface area is 171 Å². The fraction of sp³-hybridized carbons (Fsp3) is 0.100. The fourth-order valence-corrected chi connectivity index (χ4v) is 2.76. The number of methoxy groups -OCH3 is 1. The van der Waals surface area contributed by atoms with E-state index in [1.807, 2.05) is 0 Å². The van der Waals surface area contributed by atoms with E-state index in [1.165, 1.54) is 13.2 Å². The molecule has 1 saturated heterocycles. The minimum Gasteiger partial charge on any atom is -0.495 e. The number of anilines is 1. The van der Waals surface area contributed by atoms with Gasteiger partial charge >= 0.3 is 0 Å². The molecule has 0 atom stereocenters. The fourth-order valence-electron chi connectivity index (χ4n) is 2.57. The molecule has 0 bridgehead atoms. The van der Waals surface area contributed by atoms with Gasteiger partial charge in [0.1, 0.15) is 17.1 Å². The summed E-state index contributed by atoms with van der Waals surface area (Å²) in [5.41, 5.74) is 0.865. The van der Waals surface area contributed by atoms with Crippen molar-refractivity contribution in [2.45, 2.75) is 0 Å². The number of hydrogen-bond donors (Lipinski definition) is 3. The molecule has 8 nitrogen and oxygen atoms in total. The molecule has 9 heteroatoms. The normalized spacial score (nSPS) is 13.3. The number of benzene rings is 2. The zero-order valence-electron chi connectivity index (χ0n) is 15.4. The molecule has 0 saturated carbocycles. The van der Waals surface area contributed by atoms with Crippen molar-refractivity contribution in [1.29, 1.82) is 0 Å². The van der Waals surface area contributed by atoms with Gasteiger partial charge < -0.3 is 14.8 Å². The second-order valence-electron chi connectivity index (χ2n) is 5.87. The van der Waals surface area contributed by atoms with Crippen LogP contribution in [0, 0.1) is 0 Å². The highest BCUT2D eigenvalue weighted by Gasteiger charge is 2.26. The zero-order valence-corrected chi connectivity index (χ0v) is 16.2. The maximum absolute atomic E-state index is 12.2. The Bertz CT molecular complexity index is 997. The molecule has 3 N–H and O–H groups in total. The third kappa shape index (κ3) is 4.96. The number of ether oxygens (including phenoxy) is 2. The lowest BCUT2D eigenvalue weighted by atomic mass is 10.1. The Balaban J connectivity index is 1.72. The summed E-state index contributed by atoms with van der Waals surface area (Å²) in [5, 5.41) is 7.38. The zero-order chi connectivity index (χ0) is 20.8. The SMILES string of the molecule is COc1ccccc1NC(=O)COc1ccccc1C=C1C(=O)NC(=S)NC1=O. The third-order valence-electron chi connectivity index (χ3n) is 3.90. The molecule has 0 aromatic heterocycles. The van der Waals surface area contributed by atoms with Crippen LogP contribution in [-0.2, 0) is 14.4 Å². The monoisotopic (exact) mass is 411 g/mol. The van der Waals surface area contributed by atoms with Crippen LogP contribution >= 0.6 is 12.2 Å². The molecule has 1 fully saturated rings. The smallest absolute Gasteiger partial charge is 0.263 e. The average molecular weight is 411 g/mol. The van der Waals surface area contributed by atoms with Gasteiger partial charge in [-0.3, -0.25) is 25.0 Å². The Kier molecular flexibility index (Phi) is 6.20. The Hall–Kier alpha value is -3.72. The summed E-state index contributed by atoms with van der Waals surface area (Å²) in [7, 11) is 1.51. The molecular formula is C20H17N3O5S. The summed E-state index contributed by atoms with van der Waals surface area (Å²) < 4.78 is 10.8. The lowest BCUT2D eigenvalue weighted by Gasteiger charge is -2.17. The van der Waals surface area contributed by atoms with E-state index in [9.17, 15) is 14.4 Å². The maximum Gasteiger partial charge on any atom is 0.263 e. The lowest BCUT2D eigenvalue weighted by molar-refractivity contribution is -0.123. The van der Waals surface area contributed by atoms with Gasteiger partial charge in [-0.15, -0.1) is 0 Å². The Morgan fingerprint density at radius 3 is 2.34 bits per heavy atom. The van der Waals surface area contributed by atoms with Crippen molar-refractivity contribution in [3.8, 4) is 11.5 Å². The number of nitrogens with one attached hydrogen (secondary N) is 3. The van der Waals surface area contributed by atoms with Gasteiger partial charge in [0.2, 0.25) is 0 Å². The van der Waals surface area contributed by atoms with Crippen molar-refractivity contribution in [2.75, 3.05) is 19.0 Å². The summed E-state index contributed by atoms with van der Waals surface area (Å²) in [6.07, 6.45) is 1.37. The second kappa shape index (κ2) is 8.98. The van der Waals surface area contributed by atoms with Crippen molar-refractivity contribution in [3.05, 3.63) is 59.7 Å². The molecule has 0 radical (unpaired) electrons. The van der Waals surface area contributed by atoms with Gasteiger partial charge in [-0.05, 0) is 36.5 Å². The summed E-state index contributed by atoms with van der Waals surface area (Å²) in [6, 6.07) is 13.7. The highest BCUT2D eigenvalue weighted by molar-refractivity contribution is 7.80. The van der Waals surface area contributed by atoms with Gasteiger partial charge in [-0.1, -0.05) is 30.3 Å². The van der Waals surface area contributed by atoms with Crippen LogP contribution in [-0.4, -0.2) is 36.6 Å². The first-order valence-corrected chi connectivity index (χ1v) is 8.92. The van der Waals surface area contributed by atoms with Crippen LogP contribution in [0.4, 0.5) is 5.69 Å². The molecule has 0 unspecified atom stereocenters. The number of hydrogen-bond acceptors (Lipinski definition) is 6. The Morgan fingerprint density at radius 1 is 1.03 bits per heavy atom. The number of carbonyl (C=O) groups excluding carboxylic acids is 3. The summed E-state index contributed by atoms with van der Waals surface area (Å²) >= 11 is 4.78. The number of carbonyl (C=O) groups is 3. The van der Waals surface area contributed by atoms with E-state index >= 15 is 0 Å². The van der Waals surface area contributed by atoms with E-state index < -0.39 is 17.7 Å². The summed E-state index contributed by atoms with van der Waals surface area (Å²) in [6.45, 7) is -0.277. The van der Waals surface area contributed by atoms with Crippen LogP contribution < -0.4 is 25.4 Å². The molecule has 2 aromatic carbocycles. The predicted octanol–water partition coefficient (Wildman–Crippen LogP) is 1.63. The van der Waals surface area contributed by atoms with Crippen LogP contribution in [0.25, 0.3) is 6.08 Å². The standard InChI is InChI=1S/C20H17N3O5S/c1-27-16-9-5-3-7-14(16)21-17(24)11-28-15-8-4-2-6-12(15)10-13-18(25)22-20(29)23-19(13)26/h2-10H,11H2,1H3,(H,21,24)(H2,22,23,25,26,29). The lowest BCUT2D eigenvalue weighted by Crippen LogP contribution is -2.51. The first-order valence-electron chi connectivity index (χ1n) is 8.51. The summed E-state index contributed by atoms with van der Waals surface area (Å²) in [4.78, 5) is 36.3. The topological polar surface area (TPSA) is 106 Å². The van der Waals surface area contributed by atoms with Gasteiger partial charge in [0, 0.05) is 5.56 Å². The summed E-state index contributed by atoms with van der Waals surface area (Å²) in [5.74, 6) is -0.748. The van der Waals surface area contributed by atoms with Crippen molar-refractivity contribution in [1.82, 2.24) is 10.6 Å². The van der Waals surface area contributed by atoms with Crippen LogP contribution in [0.1, 0.15) is 5.56 Å². The predicted molar refractivity (Wildman–Crippen MR) is 110 cm³/mol. The molecule has 3 rings (SSSR count). The number of para-hydroxylation sites is 3. The number of thiocarbonyl (C=S) groups is 1. The molecule has 0 spiro atoms. The maximum atomic E-state index is 12.2. The number of rotatable bonds is 6. The molecular weight excluding hydrogens is 394 g/mol. The first-order chi connectivity index (χ1) is 14.0. The van der Waals surface area contributed by atoms with Gasteiger partial charge in [0.15, 0.2) is 11.7 Å². The molecule has 148 valence electrons. The molecule has 29 heavy (non-hydrogen) atoms. The van der Waals surface area contributed by atoms with E-state index in [4.69, 9.17) is 21.7 Å². The first kappa shape index (κ1) is 20.0. The molecule has 1 aliphatic rings. The van der Waals surface area contributed by atoms with E-state index in [1.54, 1.807) is 48.5 Å². The molecule has 1 aliphatic heterocycles. The quantitative estimate of drug-likeness (QED) is 0.379. The van der Waals surface area contributed by atoms with Crippen LogP contribution in [0.2, 0.25) is 0 Å². The minimum atomic E-state index is -0.609. The van der Waals surface area contributed by atoms with E-state index in [0.717, 1.165) is 0 Å². The minimum absolute atomic E-state index is 0.0466. The van der Waals surface area contributed by atoms with Gasteiger partial charge in [0.05, 0.1) is 12.8 Å². The molecule has 3 amide bonds. The van der Waals surface area contributed by atoms with E-state index in [2.05, 4.69) is 16.0 Å². The van der Waals surface area contributed by atoms with Crippen LogP contribution in [0.15, 0.2) is 54.1 Å². The molecule has 0 aliphatic carbocycles. The van der Waals surface area contributed by atoms with Crippen molar-refractivity contribution in [2.24, 2.45) is 0 Å². The van der Waals surface area contributed by atoms with Crippen LogP contribution in [0.3, 0.4) is 0 Å². The highest BCUT2D eigenvalue weighted by Crippen LogP contribution is 2.24. The average Bonchev–Trinajstić information content (AvgIpc) is 2.70. The second-order valence-corrected chi connectivity index (χ2v) is 6.28. The highest BCUT2D eigenvalue weighted by atomic mass is 32.1. The molecule has 2 aromatic rings. The van der Waals surface area contributed by atoms with Crippen molar-refractivity contribution < 1.29 is 23.9 Å². The Morgan fingerprint density at radius 2 is 1.66 bits per heavy atom. The number of amides is 3. The van der Waals surface area contributed by atoms with Gasteiger partial charge in [-0.25, -0.2) is 0 Å². The van der Waals surface area contributed by atoms with Gasteiger partial charge in [0.25, 0.3) is 17.7 Å². The van der Waals surface area contributed by atoms with Crippen molar-refractivity contribution >= 4 is 46.8 Å². The van der Waals surface area contributed by atoms with E-state index in [0.29, 0.717) is 22.7 Å². The van der Waals surface area contributed by atoms with E-state index in [-0.39, 0.29) is 17.3 Å². The van der Waals surface area contributed by atoms with Crippen LogP contribution in [0.5, 0.6) is 11.5 Å². The molecule has 1 heterocycles. The van der Waals surface area contributed by atoms with Crippen molar-refractivity contribution in [3.63, 3.8) is 0 Å². The largest absolute Gasteiger partial charge is 0.495 e.